The average Bonchev–Trinajstić information content (AvgIpc) is 3.13. The van der Waals surface area contributed by atoms with Gasteiger partial charge in [-0.3, -0.25) is 14.9 Å². The van der Waals surface area contributed by atoms with Crippen LogP contribution in [0, 0.1) is 15.5 Å². The van der Waals surface area contributed by atoms with Gasteiger partial charge in [-0.15, -0.1) is 0 Å². The zero-order chi connectivity index (χ0) is 19.2. The smallest absolute Gasteiger partial charge is 0.275 e. The first-order chi connectivity index (χ1) is 12.1. The van der Waals surface area contributed by atoms with Gasteiger partial charge in [0.15, 0.2) is 5.71 Å². The van der Waals surface area contributed by atoms with Crippen molar-refractivity contribution in [2.24, 2.45) is 10.5 Å². The number of allylic oxidation sites excluding steroid dienone is 2. The molecule has 1 atom stereocenters. The molecule has 0 saturated carbocycles. The molecule has 2 aliphatic rings. The summed E-state index contributed by atoms with van der Waals surface area (Å²) in [6.45, 7) is 6.41. The largest absolute Gasteiger partial charge is 0.343 e. The lowest BCUT2D eigenvalue weighted by Gasteiger charge is -2.23. The summed E-state index contributed by atoms with van der Waals surface area (Å²) in [4.78, 5) is 26.7. The normalized spacial score (nSPS) is 19.2. The second-order valence-corrected chi connectivity index (χ2v) is 10.5. The van der Waals surface area contributed by atoms with Crippen LogP contribution in [0.25, 0.3) is 0 Å². The van der Waals surface area contributed by atoms with Crippen molar-refractivity contribution in [1.82, 2.24) is 4.90 Å². The molecule has 1 unspecified atom stereocenters. The molecule has 138 valence electrons. The minimum atomic E-state index is -0.465. The third-order valence-corrected chi connectivity index (χ3v) is 8.17. The van der Waals surface area contributed by atoms with Crippen molar-refractivity contribution in [1.29, 1.82) is 0 Å². The summed E-state index contributed by atoms with van der Waals surface area (Å²) >= 11 is 0. The highest BCUT2D eigenvalue weighted by molar-refractivity contribution is 8.86. The summed E-state index contributed by atoms with van der Waals surface area (Å²) in [6.07, 6.45) is 2.07. The van der Waals surface area contributed by atoms with Gasteiger partial charge in [-0.05, 0) is 34.4 Å². The van der Waals surface area contributed by atoms with E-state index in [9.17, 15) is 14.9 Å². The number of amides is 1. The molecule has 7 nitrogen and oxygen atoms in total. The molecular weight excluding hydrogens is 372 g/mol. The van der Waals surface area contributed by atoms with Crippen LogP contribution in [0.4, 0.5) is 11.4 Å². The summed E-state index contributed by atoms with van der Waals surface area (Å²) in [7, 11) is 4.63. The highest BCUT2D eigenvalue weighted by Gasteiger charge is 2.37. The molecule has 26 heavy (non-hydrogen) atoms. The molecule has 2 aliphatic heterocycles. The van der Waals surface area contributed by atoms with E-state index in [-0.39, 0.29) is 17.0 Å². The molecular formula is C17H20N4O3S2. The molecule has 0 fully saturated rings. The maximum absolute atomic E-state index is 12.6. The van der Waals surface area contributed by atoms with Gasteiger partial charge in [0, 0.05) is 40.8 Å². The maximum Gasteiger partial charge on any atom is 0.275 e. The molecule has 0 spiro atoms. The number of benzene rings is 1. The van der Waals surface area contributed by atoms with Gasteiger partial charge >= 0.3 is 0 Å². The Balaban J connectivity index is 2.02. The molecule has 2 heterocycles. The van der Waals surface area contributed by atoms with Crippen molar-refractivity contribution in [2.45, 2.75) is 20.8 Å². The van der Waals surface area contributed by atoms with E-state index >= 15 is 0 Å². The molecule has 0 saturated heterocycles. The Morgan fingerprint density at radius 3 is 2.38 bits per heavy atom. The predicted molar refractivity (Wildman–Crippen MR) is 109 cm³/mol. The van der Waals surface area contributed by atoms with Crippen molar-refractivity contribution in [3.05, 3.63) is 45.4 Å². The number of nitrogens with zero attached hydrogens (tertiary/aromatic N) is 4. The van der Waals surface area contributed by atoms with E-state index < -0.39 is 14.6 Å². The van der Waals surface area contributed by atoms with E-state index in [0.717, 1.165) is 10.6 Å². The minimum Gasteiger partial charge on any atom is -0.343 e. The van der Waals surface area contributed by atoms with E-state index in [4.69, 9.17) is 0 Å². The first kappa shape index (κ1) is 18.7. The van der Waals surface area contributed by atoms with Crippen molar-refractivity contribution >= 4 is 48.4 Å². The van der Waals surface area contributed by atoms with Crippen LogP contribution >= 0.6 is 20.5 Å². The van der Waals surface area contributed by atoms with Crippen LogP contribution in [0.2, 0.25) is 0 Å². The van der Waals surface area contributed by atoms with Crippen LogP contribution in [0.15, 0.2) is 40.3 Å². The van der Waals surface area contributed by atoms with Crippen LogP contribution < -0.4 is 4.41 Å². The van der Waals surface area contributed by atoms with Crippen LogP contribution in [0.1, 0.15) is 20.8 Å². The van der Waals surface area contributed by atoms with Gasteiger partial charge in [0.25, 0.3) is 11.6 Å². The Morgan fingerprint density at radius 1 is 1.27 bits per heavy atom. The number of hydrogen-bond acceptors (Lipinski definition) is 6. The summed E-state index contributed by atoms with van der Waals surface area (Å²) in [6, 6.07) is 6.26. The van der Waals surface area contributed by atoms with Crippen LogP contribution in [-0.4, -0.2) is 40.4 Å². The molecule has 1 aromatic rings. The molecule has 1 amide bonds. The minimum absolute atomic E-state index is 0.0254. The second kappa shape index (κ2) is 6.55. The Hall–Kier alpha value is -2.13. The summed E-state index contributed by atoms with van der Waals surface area (Å²) < 4.78 is 1.80. The van der Waals surface area contributed by atoms with E-state index in [1.54, 1.807) is 41.4 Å². The molecule has 0 N–H and O–H groups in total. The summed E-state index contributed by atoms with van der Waals surface area (Å²) in [5.74, 6) is -0.145. The lowest BCUT2D eigenvalue weighted by Crippen LogP contribution is -2.33. The number of hydrazone groups is 1. The van der Waals surface area contributed by atoms with Gasteiger partial charge in [0.2, 0.25) is 0 Å². The number of nitro groups is 1. The van der Waals surface area contributed by atoms with Crippen molar-refractivity contribution in [3.8, 4) is 0 Å². The van der Waals surface area contributed by atoms with Gasteiger partial charge < -0.3 is 4.90 Å². The third kappa shape index (κ3) is 3.28. The van der Waals surface area contributed by atoms with Gasteiger partial charge in [-0.1, -0.05) is 20.8 Å². The predicted octanol–water partition coefficient (Wildman–Crippen LogP) is 3.81. The number of rotatable bonds is 3. The van der Waals surface area contributed by atoms with Crippen molar-refractivity contribution in [2.75, 3.05) is 18.5 Å². The highest BCUT2D eigenvalue weighted by atomic mass is 33.1. The maximum atomic E-state index is 12.6. The molecule has 9 heteroatoms. The van der Waals surface area contributed by atoms with Crippen molar-refractivity contribution < 1.29 is 9.72 Å². The fraction of sp³-hybridized carbons (Fsp3) is 0.353. The van der Waals surface area contributed by atoms with Gasteiger partial charge in [0.1, 0.15) is 0 Å². The second-order valence-electron chi connectivity index (χ2n) is 7.15. The number of nitro benzene ring substituents is 1. The topological polar surface area (TPSA) is 79.0 Å². The Morgan fingerprint density at radius 2 is 1.88 bits per heavy atom. The molecule has 1 aromatic carbocycles. The zero-order valence-corrected chi connectivity index (χ0v) is 16.8. The number of anilines is 1. The van der Waals surface area contributed by atoms with Crippen LogP contribution in [0.5, 0.6) is 0 Å². The third-order valence-electron chi connectivity index (χ3n) is 3.83. The Bertz CT molecular complexity index is 880. The number of carbonyl (C=O) groups excluding carboxylic acids is 1. The number of non-ortho nitro benzene ring substituents is 1. The van der Waals surface area contributed by atoms with Gasteiger partial charge in [-0.2, -0.15) is 5.10 Å². The number of hydrogen-bond donors (Lipinski definition) is 0. The summed E-state index contributed by atoms with van der Waals surface area (Å²) in [5.41, 5.74) is 1.17. The van der Waals surface area contributed by atoms with Gasteiger partial charge in [0.05, 0.1) is 15.5 Å². The summed E-state index contributed by atoms with van der Waals surface area (Å²) in [5, 5.41) is 15.4. The molecule has 0 radical (unpaired) electrons. The molecule has 0 aliphatic carbocycles. The van der Waals surface area contributed by atoms with Gasteiger partial charge in [-0.25, -0.2) is 4.41 Å². The van der Waals surface area contributed by atoms with Crippen LogP contribution in [0.3, 0.4) is 0 Å². The average molecular weight is 393 g/mol. The number of carbonyl (C=O) groups is 1. The SMILES string of the molecule is CN(C)C(=O)C1=NN(c2ccc([N+](=O)[O-])cc2)S2=C1C=C(C(C)(C)C)S2. The van der Waals surface area contributed by atoms with E-state index in [1.807, 2.05) is 0 Å². The highest BCUT2D eigenvalue weighted by Crippen LogP contribution is 2.56. The fourth-order valence-corrected chi connectivity index (χ4v) is 6.95. The standard InChI is InChI=1S/C17H20N4O3S2/c1-17(2,3)14-10-13-15(16(22)19(4)5)18-20(26(13)25-14)11-6-8-12(9-7-11)21(23)24/h6-10H,1-5H3. The lowest BCUT2D eigenvalue weighted by atomic mass is 9.95. The lowest BCUT2D eigenvalue weighted by molar-refractivity contribution is -0.384. The molecule has 3 rings (SSSR count). The first-order valence-corrected chi connectivity index (χ1v) is 10.5. The molecule has 0 bridgehead atoms. The molecule has 0 aromatic heterocycles. The van der Waals surface area contributed by atoms with E-state index in [0.29, 0.717) is 5.71 Å². The first-order valence-electron chi connectivity index (χ1n) is 7.96. The van der Waals surface area contributed by atoms with Crippen LogP contribution in [-0.2, 0) is 4.79 Å². The Kier molecular flexibility index (Phi) is 4.70. The van der Waals surface area contributed by atoms with E-state index in [1.165, 1.54) is 21.9 Å². The van der Waals surface area contributed by atoms with E-state index in [2.05, 4.69) is 31.9 Å². The monoisotopic (exact) mass is 392 g/mol. The Labute approximate surface area is 158 Å². The fourth-order valence-electron chi connectivity index (χ4n) is 2.34. The zero-order valence-electron chi connectivity index (χ0n) is 15.2. The quantitative estimate of drug-likeness (QED) is 0.338. The van der Waals surface area contributed by atoms with Crippen molar-refractivity contribution in [3.63, 3.8) is 0 Å².